The molecule has 0 saturated carbocycles. The first-order valence-electron chi connectivity index (χ1n) is 20.1. The summed E-state index contributed by atoms with van der Waals surface area (Å²) in [6.45, 7) is 8.76. The van der Waals surface area contributed by atoms with Gasteiger partial charge < -0.3 is 29.0 Å². The van der Waals surface area contributed by atoms with Crippen molar-refractivity contribution in [2.75, 3.05) is 31.3 Å². The molecule has 300 valence electrons. The van der Waals surface area contributed by atoms with E-state index in [0.717, 1.165) is 80.2 Å². The topological polar surface area (TPSA) is 101 Å². The van der Waals surface area contributed by atoms with Gasteiger partial charge in [0.05, 0.1) is 27.8 Å². The molecule has 1 N–H and O–H groups in total. The highest BCUT2D eigenvalue weighted by molar-refractivity contribution is 7.32. The van der Waals surface area contributed by atoms with Crippen LogP contribution in [-0.2, 0) is 4.79 Å². The van der Waals surface area contributed by atoms with Gasteiger partial charge in [0.15, 0.2) is 11.5 Å². The van der Waals surface area contributed by atoms with Gasteiger partial charge in [-0.25, -0.2) is 4.79 Å². The van der Waals surface area contributed by atoms with Gasteiger partial charge in [0, 0.05) is 31.3 Å². The minimum absolute atomic E-state index is 0.348. The van der Waals surface area contributed by atoms with Gasteiger partial charge in [-0.05, 0) is 104 Å². The molecule has 4 heterocycles. The lowest BCUT2D eigenvalue weighted by atomic mass is 10.1. The number of benzene rings is 3. The maximum absolute atomic E-state index is 11.6. The third kappa shape index (κ3) is 9.36. The minimum atomic E-state index is -1.27. The molecule has 6 aromatic rings. The monoisotopic (exact) mass is 832 g/mol. The second kappa shape index (κ2) is 19.4. The molecule has 1 aliphatic heterocycles. The van der Waals surface area contributed by atoms with Crippen LogP contribution in [0.2, 0.25) is 0 Å². The number of unbranched alkanes of at least 4 members (excludes halogenated alkanes) is 6. The van der Waals surface area contributed by atoms with Crippen LogP contribution < -0.4 is 23.8 Å². The highest BCUT2D eigenvalue weighted by atomic mass is 32.1. The molecule has 0 saturated heterocycles. The number of aliphatic carboxylic acids is 1. The molecule has 0 aliphatic carbocycles. The Labute approximate surface area is 352 Å². The van der Waals surface area contributed by atoms with Crippen LogP contribution in [0.1, 0.15) is 75.7 Å². The first-order valence-corrected chi connectivity index (χ1v) is 22.5. The highest BCUT2D eigenvalue weighted by Gasteiger charge is 2.28. The summed E-state index contributed by atoms with van der Waals surface area (Å²) in [6.07, 6.45) is 10.7. The molecule has 0 unspecified atom stereocenters. The lowest BCUT2D eigenvalue weighted by Gasteiger charge is -2.26. The molecule has 0 amide bonds. The van der Waals surface area contributed by atoms with Crippen molar-refractivity contribution in [2.24, 2.45) is 0 Å². The summed E-state index contributed by atoms with van der Waals surface area (Å²) in [5.41, 5.74) is 5.03. The number of hydrogen-bond acceptors (Lipinski definition) is 10. The van der Waals surface area contributed by atoms with Crippen molar-refractivity contribution >= 4 is 72.5 Å². The third-order valence-electron chi connectivity index (χ3n) is 9.98. The quantitative estimate of drug-likeness (QED) is 0.0489. The number of nitriles is 1. The second-order valence-electron chi connectivity index (χ2n) is 14.2. The van der Waals surface area contributed by atoms with E-state index < -0.39 is 5.97 Å². The van der Waals surface area contributed by atoms with Gasteiger partial charge in [0.2, 0.25) is 0 Å². The Kier molecular flexibility index (Phi) is 13.7. The molecule has 0 atom stereocenters. The molecule has 3 aromatic carbocycles. The Hall–Kier alpha value is -5.28. The van der Waals surface area contributed by atoms with E-state index >= 15 is 0 Å². The number of carboxylic acid groups (broad SMARTS) is 1. The van der Waals surface area contributed by atoms with E-state index in [1.807, 2.05) is 0 Å². The molecule has 1 aliphatic rings. The summed E-state index contributed by atoms with van der Waals surface area (Å²) >= 11 is 4.83. The Balaban J connectivity index is 1.14. The van der Waals surface area contributed by atoms with Gasteiger partial charge in [-0.2, -0.15) is 5.26 Å². The maximum atomic E-state index is 11.6. The predicted octanol–water partition coefficient (Wildman–Crippen LogP) is 13.8. The van der Waals surface area contributed by atoms with Crippen LogP contribution in [-0.4, -0.2) is 37.5 Å². The third-order valence-corrected chi connectivity index (χ3v) is 13.9. The predicted molar refractivity (Wildman–Crippen MR) is 239 cm³/mol. The molecular weight excluding hydrogens is 785 g/mol. The first kappa shape index (κ1) is 40.9. The van der Waals surface area contributed by atoms with Crippen molar-refractivity contribution in [3.8, 4) is 49.3 Å². The second-order valence-corrected chi connectivity index (χ2v) is 17.3. The summed E-state index contributed by atoms with van der Waals surface area (Å²) in [7, 11) is 0. The number of nitrogens with zero attached hydrogens (tertiary/aromatic N) is 2. The molecular formula is C47H48N2O6S3. The Morgan fingerprint density at radius 2 is 1.31 bits per heavy atom. The number of aryl methyl sites for hydroxylation is 1. The van der Waals surface area contributed by atoms with Crippen molar-refractivity contribution in [2.45, 2.75) is 72.1 Å². The minimum Gasteiger partial charge on any atom is -0.494 e. The van der Waals surface area contributed by atoms with E-state index in [1.54, 1.807) is 28.7 Å². The van der Waals surface area contributed by atoms with Crippen molar-refractivity contribution in [1.82, 2.24) is 0 Å². The number of anilines is 3. The van der Waals surface area contributed by atoms with E-state index in [4.69, 9.17) is 18.9 Å². The zero-order chi connectivity index (χ0) is 40.4. The maximum Gasteiger partial charge on any atom is 0.346 e. The highest BCUT2D eigenvalue weighted by Crippen LogP contribution is 2.55. The molecule has 0 spiro atoms. The molecule has 7 rings (SSSR count). The molecule has 58 heavy (non-hydrogen) atoms. The molecule has 0 fully saturated rings. The fourth-order valence-corrected chi connectivity index (χ4v) is 10.8. The van der Waals surface area contributed by atoms with Crippen LogP contribution in [0.25, 0.3) is 35.7 Å². The van der Waals surface area contributed by atoms with E-state index in [1.165, 1.54) is 65.5 Å². The fourth-order valence-electron chi connectivity index (χ4n) is 6.89. The number of hydrogen-bond donors (Lipinski definition) is 1. The van der Waals surface area contributed by atoms with E-state index in [0.29, 0.717) is 29.6 Å². The number of thiophene rings is 3. The van der Waals surface area contributed by atoms with Crippen LogP contribution in [0.4, 0.5) is 17.1 Å². The fraction of sp³-hybridized carbons (Fsp3) is 0.319. The normalized spacial score (nSPS) is 12.4. The van der Waals surface area contributed by atoms with E-state index in [-0.39, 0.29) is 5.57 Å². The summed E-state index contributed by atoms with van der Waals surface area (Å²) in [5.74, 6) is 1.58. The number of carboxylic acids is 1. The lowest BCUT2D eigenvalue weighted by Crippen LogP contribution is -2.15. The summed E-state index contributed by atoms with van der Waals surface area (Å²) in [5, 5.41) is 18.9. The van der Waals surface area contributed by atoms with Crippen molar-refractivity contribution in [3.05, 3.63) is 94.9 Å². The zero-order valence-electron chi connectivity index (χ0n) is 33.2. The average molecular weight is 833 g/mol. The van der Waals surface area contributed by atoms with Crippen LogP contribution in [0.15, 0.2) is 84.4 Å². The molecule has 11 heteroatoms. The molecule has 8 nitrogen and oxygen atoms in total. The Bertz CT molecular complexity index is 2330. The van der Waals surface area contributed by atoms with Crippen molar-refractivity contribution in [1.29, 1.82) is 5.26 Å². The van der Waals surface area contributed by atoms with Crippen molar-refractivity contribution in [3.63, 3.8) is 0 Å². The van der Waals surface area contributed by atoms with Crippen molar-refractivity contribution < 1.29 is 28.8 Å². The van der Waals surface area contributed by atoms with E-state index in [2.05, 4.69) is 105 Å². The van der Waals surface area contributed by atoms with Crippen LogP contribution in [0.5, 0.6) is 23.0 Å². The number of rotatable bonds is 19. The number of carbonyl (C=O) groups is 1. The van der Waals surface area contributed by atoms with Crippen LogP contribution in [0, 0.1) is 18.3 Å². The van der Waals surface area contributed by atoms with Gasteiger partial charge in [0.25, 0.3) is 0 Å². The number of fused-ring (bicyclic) bond motifs is 2. The molecule has 0 radical (unpaired) electrons. The lowest BCUT2D eigenvalue weighted by molar-refractivity contribution is -0.132. The van der Waals surface area contributed by atoms with Crippen LogP contribution in [0.3, 0.4) is 0 Å². The van der Waals surface area contributed by atoms with Gasteiger partial charge >= 0.3 is 5.97 Å². The smallest absolute Gasteiger partial charge is 0.346 e. The average Bonchev–Trinajstić information content (AvgIpc) is 3.93. The summed E-state index contributed by atoms with van der Waals surface area (Å²) in [4.78, 5) is 17.6. The first-order chi connectivity index (χ1) is 28.4. The van der Waals surface area contributed by atoms with Gasteiger partial charge in [-0.15, -0.1) is 34.0 Å². The van der Waals surface area contributed by atoms with Gasteiger partial charge in [-0.1, -0.05) is 64.5 Å². The largest absolute Gasteiger partial charge is 0.494 e. The zero-order valence-corrected chi connectivity index (χ0v) is 35.6. The standard InChI is InChI=1S/C47H48N2O6S3/c1-4-6-8-10-24-52-37-20-16-35(17-21-37)49(36-18-22-38(23-19-36)53-25-11-9-7-5-2)34-14-12-32(13-15-34)39-29-41-44(56-39)31(3)45(58-41)46-43-42(54-26-27-55-43)40(57-46)28-33(30-48)47(50)51/h12-23,28-29H,4-11,24-27H2,1-3H3,(H,50,51)/b33-28+. The van der Waals surface area contributed by atoms with Gasteiger partial charge in [-0.3, -0.25) is 0 Å². The molecule has 3 aromatic heterocycles. The summed E-state index contributed by atoms with van der Waals surface area (Å²) < 4.78 is 26.5. The summed E-state index contributed by atoms with van der Waals surface area (Å²) in [6, 6.07) is 29.5. The Morgan fingerprint density at radius 3 is 1.83 bits per heavy atom. The SMILES string of the molecule is CCCCCCOc1ccc(N(c2ccc(OCCCCCC)cc2)c2ccc(-c3cc4sc(-c5sc(/C=C(\C#N)C(=O)O)c6c5OCCO6)c(C)c4s3)cc2)cc1. The van der Waals surface area contributed by atoms with E-state index in [9.17, 15) is 15.2 Å². The molecule has 0 bridgehead atoms. The number of ether oxygens (including phenoxy) is 4. The Morgan fingerprint density at radius 1 is 0.759 bits per heavy atom. The van der Waals surface area contributed by atoms with Crippen LogP contribution >= 0.6 is 34.0 Å². The van der Waals surface area contributed by atoms with Gasteiger partial charge in [0.1, 0.15) is 36.4 Å².